The van der Waals surface area contributed by atoms with E-state index in [0.29, 0.717) is 21.6 Å². The SMILES string of the molecule is CCCCCCCCCCCCC(C)(C#N)CC(CCNC(=O)CCCC[C@H]1SC[C@H]2NC(=O)N[C@H]21)(SC(=S)S)C(N)=O. The Kier molecular flexibility index (Phi) is 17.7. The van der Waals surface area contributed by atoms with Crippen LogP contribution >= 0.6 is 48.4 Å². The summed E-state index contributed by atoms with van der Waals surface area (Å²) >= 11 is 12.5. The van der Waals surface area contributed by atoms with E-state index in [4.69, 9.17) is 18.0 Å². The zero-order chi connectivity index (χ0) is 31.7. The van der Waals surface area contributed by atoms with Gasteiger partial charge in [-0.15, -0.1) is 12.6 Å². The predicted molar refractivity (Wildman–Crippen MR) is 187 cm³/mol. The fourth-order valence-electron chi connectivity index (χ4n) is 6.19. The lowest BCUT2D eigenvalue weighted by atomic mass is 9.76. The van der Waals surface area contributed by atoms with Crippen molar-refractivity contribution in [2.24, 2.45) is 11.1 Å². The van der Waals surface area contributed by atoms with Crippen molar-refractivity contribution < 1.29 is 14.4 Å². The molecule has 2 heterocycles. The molecule has 43 heavy (non-hydrogen) atoms. The van der Waals surface area contributed by atoms with Gasteiger partial charge in [0.1, 0.15) is 8.28 Å². The molecule has 8 nitrogen and oxygen atoms in total. The van der Waals surface area contributed by atoms with Crippen molar-refractivity contribution in [3.05, 3.63) is 0 Å². The minimum absolute atomic E-state index is 0.0713. The van der Waals surface area contributed by atoms with E-state index in [1.807, 2.05) is 18.7 Å². The number of urea groups is 1. The molecule has 0 aromatic carbocycles. The Labute approximate surface area is 278 Å². The first kappa shape index (κ1) is 38.0. The second-order valence-electron chi connectivity index (χ2n) is 12.5. The summed E-state index contributed by atoms with van der Waals surface area (Å²) in [6, 6.07) is 2.75. The fraction of sp³-hybridized carbons (Fsp3) is 0.839. The highest BCUT2D eigenvalue weighted by Gasteiger charge is 2.45. The molecular weight excluding hydrogens is 619 g/mol. The third-order valence-corrected chi connectivity index (χ3v) is 11.8. The number of nitrogens with two attached hydrogens (primary N) is 1. The average Bonchev–Trinajstić information content (AvgIpc) is 3.50. The van der Waals surface area contributed by atoms with Gasteiger partial charge in [-0.05, 0) is 39.0 Å². The molecule has 2 saturated heterocycles. The van der Waals surface area contributed by atoms with E-state index < -0.39 is 16.1 Å². The molecule has 5 atom stereocenters. The number of thioether (sulfide) groups is 2. The Morgan fingerprint density at radius 2 is 1.74 bits per heavy atom. The van der Waals surface area contributed by atoms with Gasteiger partial charge in [0.25, 0.3) is 0 Å². The molecule has 0 saturated carbocycles. The largest absolute Gasteiger partial charge is 0.368 e. The maximum Gasteiger partial charge on any atom is 0.315 e. The maximum atomic E-state index is 12.9. The van der Waals surface area contributed by atoms with Crippen LogP contribution in [0.3, 0.4) is 0 Å². The van der Waals surface area contributed by atoms with Crippen molar-refractivity contribution in [1.29, 1.82) is 5.26 Å². The molecule has 4 amide bonds. The molecule has 0 radical (unpaired) electrons. The third-order valence-electron chi connectivity index (χ3n) is 8.69. The van der Waals surface area contributed by atoms with Crippen LogP contribution in [0.1, 0.15) is 123 Å². The van der Waals surface area contributed by atoms with Gasteiger partial charge < -0.3 is 21.7 Å². The fourth-order valence-corrected chi connectivity index (χ4v) is 9.76. The zero-order valence-electron chi connectivity index (χ0n) is 26.1. The van der Waals surface area contributed by atoms with Gasteiger partial charge in [0.05, 0.1) is 23.6 Å². The number of primary amides is 1. The summed E-state index contributed by atoms with van der Waals surface area (Å²) in [5, 5.41) is 19.4. The van der Waals surface area contributed by atoms with E-state index in [9.17, 15) is 19.6 Å². The van der Waals surface area contributed by atoms with Crippen molar-refractivity contribution in [3.8, 4) is 6.07 Å². The summed E-state index contributed by atoms with van der Waals surface area (Å²) in [7, 11) is 0. The lowest BCUT2D eigenvalue weighted by Gasteiger charge is -2.36. The van der Waals surface area contributed by atoms with Gasteiger partial charge in [-0.2, -0.15) is 17.0 Å². The molecule has 0 aromatic heterocycles. The smallest absolute Gasteiger partial charge is 0.315 e. The Bertz CT molecular complexity index is 964. The van der Waals surface area contributed by atoms with Crippen molar-refractivity contribution >= 4 is 69.7 Å². The highest BCUT2D eigenvalue weighted by Crippen LogP contribution is 2.43. The first-order chi connectivity index (χ1) is 20.5. The number of rotatable bonds is 23. The first-order valence-corrected chi connectivity index (χ1v) is 18.8. The second kappa shape index (κ2) is 20.1. The predicted octanol–water partition coefficient (Wildman–Crippen LogP) is 6.62. The van der Waals surface area contributed by atoms with Crippen LogP contribution < -0.4 is 21.7 Å². The molecule has 5 N–H and O–H groups in total. The standard InChI is InChI=1S/C31H53N5O3S4/c1-3-4-5-6-7-8-9-10-11-14-17-30(2,22-32)21-31(27(33)38,43-29(40)41)18-19-34-25(37)16-13-12-15-24-26-23(20-42-24)35-28(39)36-26/h23-24,26H,3-21H2,1-2H3,(H2,33,38)(H,34,37)(H,40,41)(H2,35,36,39)/t23-,24-,26-,30?,31?/m1/s1. The monoisotopic (exact) mass is 671 g/mol. The topological polar surface area (TPSA) is 137 Å². The van der Waals surface area contributed by atoms with Crippen molar-refractivity contribution in [2.75, 3.05) is 12.3 Å². The first-order valence-electron chi connectivity index (χ1n) is 16.1. The minimum Gasteiger partial charge on any atom is -0.368 e. The van der Waals surface area contributed by atoms with Crippen molar-refractivity contribution in [2.45, 2.75) is 145 Å². The molecule has 0 aliphatic carbocycles. The van der Waals surface area contributed by atoms with Gasteiger partial charge in [0.2, 0.25) is 11.8 Å². The summed E-state index contributed by atoms with van der Waals surface area (Å²) < 4.78 is -0.824. The number of hydrogen-bond acceptors (Lipinski definition) is 7. The number of nitriles is 1. The van der Waals surface area contributed by atoms with Gasteiger partial charge in [0.15, 0.2) is 0 Å². The highest BCUT2D eigenvalue weighted by atomic mass is 32.2. The molecule has 12 heteroatoms. The highest BCUT2D eigenvalue weighted by molar-refractivity contribution is 8.42. The van der Waals surface area contributed by atoms with Crippen LogP contribution in [-0.2, 0) is 9.59 Å². The minimum atomic E-state index is -1.12. The molecule has 2 aliphatic heterocycles. The number of unbranched alkanes of at least 4 members (excludes halogenated alkanes) is 10. The lowest BCUT2D eigenvalue weighted by molar-refractivity contribution is -0.123. The Morgan fingerprint density at radius 3 is 2.35 bits per heavy atom. The molecule has 2 fully saturated rings. The number of thiol groups is 1. The Morgan fingerprint density at radius 1 is 1.09 bits per heavy atom. The molecule has 0 bridgehead atoms. The summed E-state index contributed by atoms with van der Waals surface area (Å²) in [6.07, 6.45) is 16.4. The quantitative estimate of drug-likeness (QED) is 0.0356. The maximum absolute atomic E-state index is 12.9. The van der Waals surface area contributed by atoms with Crippen LogP contribution in [0.2, 0.25) is 0 Å². The van der Waals surface area contributed by atoms with Crippen LogP contribution in [-0.4, -0.2) is 55.8 Å². The summed E-state index contributed by atoms with van der Waals surface area (Å²) in [5.74, 6) is 0.320. The van der Waals surface area contributed by atoms with Crippen LogP contribution in [0.25, 0.3) is 0 Å². The van der Waals surface area contributed by atoms with Crippen LogP contribution in [0.15, 0.2) is 0 Å². The zero-order valence-corrected chi connectivity index (χ0v) is 29.4. The van der Waals surface area contributed by atoms with E-state index in [-0.39, 0.29) is 43.4 Å². The number of nitrogens with zero attached hydrogens (tertiary/aromatic N) is 1. The van der Waals surface area contributed by atoms with Gasteiger partial charge in [-0.25, -0.2) is 4.79 Å². The van der Waals surface area contributed by atoms with Crippen molar-refractivity contribution in [1.82, 2.24) is 16.0 Å². The number of thiocarbonyl (C=S) groups is 1. The molecule has 244 valence electrons. The number of carbonyl (C=O) groups is 3. The number of hydrogen-bond donors (Lipinski definition) is 5. The number of amides is 4. The lowest BCUT2D eigenvalue weighted by Crippen LogP contribution is -2.47. The van der Waals surface area contributed by atoms with E-state index in [1.54, 1.807) is 0 Å². The summed E-state index contributed by atoms with van der Waals surface area (Å²) in [5.41, 5.74) is 5.21. The second-order valence-corrected chi connectivity index (χ2v) is 16.9. The Hall–Kier alpha value is -1.16. The van der Waals surface area contributed by atoms with Crippen LogP contribution in [0, 0.1) is 16.7 Å². The normalized spacial score (nSPS) is 22.0. The van der Waals surface area contributed by atoms with E-state index in [2.05, 4.69) is 41.6 Å². The van der Waals surface area contributed by atoms with Crippen LogP contribution in [0.5, 0.6) is 0 Å². The average molecular weight is 672 g/mol. The molecular formula is C31H53N5O3S4. The molecule has 2 unspecified atom stereocenters. The molecule has 2 rings (SSSR count). The van der Waals surface area contributed by atoms with E-state index in [0.717, 1.165) is 56.0 Å². The third kappa shape index (κ3) is 13.8. The molecule has 0 spiro atoms. The molecule has 0 aromatic rings. The van der Waals surface area contributed by atoms with Gasteiger partial charge in [-0.1, -0.05) is 102 Å². The number of fused-ring (bicyclic) bond motifs is 1. The van der Waals surface area contributed by atoms with E-state index >= 15 is 0 Å². The van der Waals surface area contributed by atoms with Gasteiger partial charge in [-0.3, -0.25) is 9.59 Å². The Balaban J connectivity index is 1.76. The van der Waals surface area contributed by atoms with Gasteiger partial charge >= 0.3 is 6.03 Å². The van der Waals surface area contributed by atoms with Crippen molar-refractivity contribution in [3.63, 3.8) is 0 Å². The molecule has 2 aliphatic rings. The van der Waals surface area contributed by atoms with Crippen LogP contribution in [0.4, 0.5) is 4.79 Å². The number of nitrogens with one attached hydrogen (secondary N) is 3. The number of carbonyl (C=O) groups excluding carboxylic acids is 3. The summed E-state index contributed by atoms with van der Waals surface area (Å²) in [4.78, 5) is 37.0. The summed E-state index contributed by atoms with van der Waals surface area (Å²) in [6.45, 7) is 4.40. The van der Waals surface area contributed by atoms with E-state index in [1.165, 1.54) is 44.9 Å². The van der Waals surface area contributed by atoms with Gasteiger partial charge in [0, 0.05) is 24.0 Å².